The van der Waals surface area contributed by atoms with Crippen LogP contribution in [-0.2, 0) is 23.0 Å². The molecule has 0 spiro atoms. The van der Waals surface area contributed by atoms with Crippen molar-refractivity contribution in [1.29, 1.82) is 0 Å². The maximum Gasteiger partial charge on any atom is 0.255 e. The molecule has 0 saturated heterocycles. The zero-order valence-corrected chi connectivity index (χ0v) is 9.71. The molecule has 6 heteroatoms. The molecule has 5 nitrogen and oxygen atoms in total. The predicted octanol–water partition coefficient (Wildman–Crippen LogP) is 0.503. The highest BCUT2D eigenvalue weighted by Gasteiger charge is 2.29. The van der Waals surface area contributed by atoms with Gasteiger partial charge in [0.25, 0.3) is 10.0 Å². The molecule has 0 aliphatic carbocycles. The molecular weight excluding hydrogens is 214 g/mol. The molecule has 2 heterocycles. The molecule has 0 bridgehead atoms. The zero-order valence-electron chi connectivity index (χ0n) is 8.90. The van der Waals surface area contributed by atoms with Gasteiger partial charge in [-0.1, -0.05) is 13.8 Å². The summed E-state index contributed by atoms with van der Waals surface area (Å²) in [6.45, 7) is 4.98. The van der Waals surface area contributed by atoms with Crippen molar-refractivity contribution >= 4 is 10.0 Å². The van der Waals surface area contributed by atoms with Gasteiger partial charge in [0.05, 0.1) is 6.20 Å². The molecule has 0 atom stereocenters. The second-order valence-electron chi connectivity index (χ2n) is 4.80. The van der Waals surface area contributed by atoms with Crippen LogP contribution in [-0.4, -0.2) is 18.0 Å². The number of primary sulfonamides is 1. The van der Waals surface area contributed by atoms with E-state index in [9.17, 15) is 8.42 Å². The fourth-order valence-corrected chi connectivity index (χ4v) is 2.64. The molecule has 0 amide bonds. The second kappa shape index (κ2) is 3.05. The monoisotopic (exact) mass is 229 g/mol. The lowest BCUT2D eigenvalue weighted by Crippen LogP contribution is -2.28. The number of sulfonamides is 1. The summed E-state index contributed by atoms with van der Waals surface area (Å²) >= 11 is 0. The lowest BCUT2D eigenvalue weighted by molar-refractivity contribution is 0.260. The molecule has 1 aromatic heterocycles. The smallest absolute Gasteiger partial charge is 0.255 e. The fourth-order valence-electron chi connectivity index (χ4n) is 1.93. The number of fused-ring (bicyclic) bond motifs is 1. The van der Waals surface area contributed by atoms with Gasteiger partial charge in [-0.2, -0.15) is 0 Å². The van der Waals surface area contributed by atoms with Gasteiger partial charge in [-0.15, -0.1) is 0 Å². The van der Waals surface area contributed by atoms with Crippen LogP contribution >= 0.6 is 0 Å². The zero-order chi connectivity index (χ0) is 11.3. The Labute approximate surface area is 89.4 Å². The molecule has 2 rings (SSSR count). The molecule has 1 aliphatic heterocycles. The van der Waals surface area contributed by atoms with Gasteiger partial charge in [-0.25, -0.2) is 18.5 Å². The van der Waals surface area contributed by atoms with E-state index in [0.29, 0.717) is 6.54 Å². The third kappa shape index (κ3) is 1.91. The van der Waals surface area contributed by atoms with E-state index >= 15 is 0 Å². The maximum absolute atomic E-state index is 11.2. The summed E-state index contributed by atoms with van der Waals surface area (Å²) in [5.74, 6) is 0.815. The molecule has 0 unspecified atom stereocenters. The first kappa shape index (κ1) is 10.6. The first-order chi connectivity index (χ1) is 6.80. The Morgan fingerprint density at radius 2 is 2.20 bits per heavy atom. The van der Waals surface area contributed by atoms with Crippen LogP contribution in [0, 0.1) is 5.41 Å². The summed E-state index contributed by atoms with van der Waals surface area (Å²) < 4.78 is 24.2. The Bertz CT molecular complexity index is 487. The lowest BCUT2D eigenvalue weighted by Gasteiger charge is -2.30. The van der Waals surface area contributed by atoms with E-state index in [-0.39, 0.29) is 10.4 Å². The Hall–Kier alpha value is -0.880. The maximum atomic E-state index is 11.2. The van der Waals surface area contributed by atoms with Gasteiger partial charge in [0.1, 0.15) is 5.82 Å². The van der Waals surface area contributed by atoms with Crippen LogP contribution in [0.2, 0.25) is 0 Å². The van der Waals surface area contributed by atoms with Crippen molar-refractivity contribution in [2.45, 2.75) is 38.3 Å². The molecule has 0 fully saturated rings. The Morgan fingerprint density at radius 1 is 1.53 bits per heavy atom. The minimum Gasteiger partial charge on any atom is -0.318 e. The van der Waals surface area contributed by atoms with Gasteiger partial charge >= 0.3 is 0 Å². The molecule has 2 N–H and O–H groups in total. The third-order valence-corrected chi connectivity index (χ3v) is 3.75. The number of nitrogens with two attached hydrogens (primary N) is 1. The van der Waals surface area contributed by atoms with Crippen LogP contribution in [0.4, 0.5) is 0 Å². The van der Waals surface area contributed by atoms with Crippen LogP contribution in [0.15, 0.2) is 11.2 Å². The molecule has 1 aliphatic rings. The summed E-state index contributed by atoms with van der Waals surface area (Å²) in [6.07, 6.45) is 3.09. The predicted molar refractivity (Wildman–Crippen MR) is 55.7 cm³/mol. The van der Waals surface area contributed by atoms with Gasteiger partial charge in [0.2, 0.25) is 0 Å². The lowest BCUT2D eigenvalue weighted by atomic mass is 9.83. The van der Waals surface area contributed by atoms with Crippen LogP contribution in [0.3, 0.4) is 0 Å². The van der Waals surface area contributed by atoms with E-state index in [0.717, 1.165) is 18.7 Å². The summed E-state index contributed by atoms with van der Waals surface area (Å²) in [6, 6.07) is 0. The minimum atomic E-state index is -3.64. The second-order valence-corrected chi connectivity index (χ2v) is 6.31. The quantitative estimate of drug-likeness (QED) is 0.761. The molecule has 0 aromatic carbocycles. The number of aromatic nitrogens is 2. The van der Waals surface area contributed by atoms with E-state index in [1.165, 1.54) is 6.20 Å². The molecule has 15 heavy (non-hydrogen) atoms. The highest BCUT2D eigenvalue weighted by atomic mass is 32.2. The SMILES string of the molecule is CC1(C)CCn2c(S(N)(=O)=O)cnc2C1. The number of hydrogen-bond acceptors (Lipinski definition) is 3. The van der Waals surface area contributed by atoms with Crippen molar-refractivity contribution in [1.82, 2.24) is 9.55 Å². The number of rotatable bonds is 1. The molecule has 0 saturated carbocycles. The summed E-state index contributed by atoms with van der Waals surface area (Å²) in [4.78, 5) is 4.12. The molecule has 1 aromatic rings. The average molecular weight is 229 g/mol. The van der Waals surface area contributed by atoms with Crippen LogP contribution in [0.5, 0.6) is 0 Å². The topological polar surface area (TPSA) is 78.0 Å². The number of hydrogen-bond donors (Lipinski definition) is 1. The largest absolute Gasteiger partial charge is 0.318 e. The van der Waals surface area contributed by atoms with Crippen molar-refractivity contribution in [3.8, 4) is 0 Å². The summed E-state index contributed by atoms with van der Waals surface area (Å²) in [5.41, 5.74) is 0.191. The molecule has 84 valence electrons. The first-order valence-corrected chi connectivity index (χ1v) is 6.41. The fraction of sp³-hybridized carbons (Fsp3) is 0.667. The van der Waals surface area contributed by atoms with E-state index in [1.807, 2.05) is 0 Å². The van der Waals surface area contributed by atoms with Crippen molar-refractivity contribution < 1.29 is 8.42 Å². The highest BCUT2D eigenvalue weighted by Crippen LogP contribution is 2.32. The molecule has 0 radical (unpaired) electrons. The van der Waals surface area contributed by atoms with Gasteiger partial charge in [-0.3, -0.25) is 0 Å². The highest BCUT2D eigenvalue weighted by molar-refractivity contribution is 7.89. The standard InChI is InChI=1S/C9H15N3O2S/c1-9(2)3-4-12-7(5-9)11-6-8(12)15(10,13)14/h6H,3-5H2,1-2H3,(H2,10,13,14). The van der Waals surface area contributed by atoms with E-state index < -0.39 is 10.0 Å². The number of nitrogens with zero attached hydrogens (tertiary/aromatic N) is 2. The van der Waals surface area contributed by atoms with Crippen LogP contribution < -0.4 is 5.14 Å². The van der Waals surface area contributed by atoms with Crippen LogP contribution in [0.1, 0.15) is 26.1 Å². The Balaban J connectivity index is 2.48. The Morgan fingerprint density at radius 3 is 2.80 bits per heavy atom. The van der Waals surface area contributed by atoms with E-state index in [2.05, 4.69) is 18.8 Å². The van der Waals surface area contributed by atoms with Gasteiger partial charge < -0.3 is 4.57 Å². The van der Waals surface area contributed by atoms with E-state index in [1.54, 1.807) is 4.57 Å². The summed E-state index contributed by atoms with van der Waals surface area (Å²) in [5, 5.41) is 5.24. The van der Waals surface area contributed by atoms with Crippen molar-refractivity contribution in [3.63, 3.8) is 0 Å². The average Bonchev–Trinajstić information content (AvgIpc) is 2.43. The third-order valence-electron chi connectivity index (χ3n) is 2.84. The minimum absolute atomic E-state index is 0.132. The van der Waals surface area contributed by atoms with Gasteiger partial charge in [-0.05, 0) is 11.8 Å². The first-order valence-electron chi connectivity index (χ1n) is 4.87. The normalized spacial score (nSPS) is 19.9. The van der Waals surface area contributed by atoms with Gasteiger partial charge in [0, 0.05) is 13.0 Å². The van der Waals surface area contributed by atoms with Crippen molar-refractivity contribution in [2.75, 3.05) is 0 Å². The van der Waals surface area contributed by atoms with Crippen molar-refractivity contribution in [2.24, 2.45) is 10.6 Å². The number of imidazole rings is 1. The summed E-state index contributed by atoms with van der Waals surface area (Å²) in [7, 11) is -3.64. The van der Waals surface area contributed by atoms with E-state index in [4.69, 9.17) is 5.14 Å². The Kier molecular flexibility index (Phi) is 2.16. The van der Waals surface area contributed by atoms with Crippen LogP contribution in [0.25, 0.3) is 0 Å². The molecular formula is C9H15N3O2S. The van der Waals surface area contributed by atoms with Crippen molar-refractivity contribution in [3.05, 3.63) is 12.0 Å². The van der Waals surface area contributed by atoms with Gasteiger partial charge in [0.15, 0.2) is 5.03 Å².